The molecule has 12 heteroatoms. The van der Waals surface area contributed by atoms with Crippen LogP contribution >= 0.6 is 11.3 Å². The molecular weight excluding hydrogens is 459 g/mol. The van der Waals surface area contributed by atoms with E-state index in [2.05, 4.69) is 5.32 Å². The number of halogens is 3. The van der Waals surface area contributed by atoms with Crippen molar-refractivity contribution in [2.75, 3.05) is 39.1 Å². The van der Waals surface area contributed by atoms with Crippen LogP contribution in [0.2, 0.25) is 0 Å². The molecule has 0 unspecified atom stereocenters. The average Bonchev–Trinajstić information content (AvgIpc) is 3.06. The van der Waals surface area contributed by atoms with Crippen LogP contribution in [0.15, 0.2) is 29.1 Å². The van der Waals surface area contributed by atoms with Gasteiger partial charge in [-0.25, -0.2) is 0 Å². The number of alkyl halides is 3. The molecular formula is C21H24F3N5O3S. The predicted molar refractivity (Wildman–Crippen MR) is 120 cm³/mol. The Hall–Kier alpha value is -3.30. The van der Waals surface area contributed by atoms with Crippen molar-refractivity contribution in [2.45, 2.75) is 19.6 Å². The minimum atomic E-state index is -4.62. The fourth-order valence-electron chi connectivity index (χ4n) is 2.63. The van der Waals surface area contributed by atoms with Crippen molar-refractivity contribution >= 4 is 34.7 Å². The van der Waals surface area contributed by atoms with Gasteiger partial charge in [-0.2, -0.15) is 18.4 Å². The zero-order chi connectivity index (χ0) is 24.6. The normalized spacial score (nSPS) is 13.0. The van der Waals surface area contributed by atoms with Crippen LogP contribution in [-0.2, 0) is 11.3 Å². The number of benzene rings is 1. The van der Waals surface area contributed by atoms with E-state index >= 15 is 0 Å². The molecule has 1 heterocycles. The summed E-state index contributed by atoms with van der Waals surface area (Å²) in [6.07, 6.45) is -3.20. The Balaban J connectivity index is 2.34. The van der Waals surface area contributed by atoms with Crippen LogP contribution in [0, 0.1) is 11.3 Å². The summed E-state index contributed by atoms with van der Waals surface area (Å²) in [5, 5.41) is 14.0. The van der Waals surface area contributed by atoms with Gasteiger partial charge in [-0.05, 0) is 33.2 Å². The van der Waals surface area contributed by atoms with E-state index < -0.39 is 29.8 Å². The zero-order valence-corrected chi connectivity index (χ0v) is 19.1. The summed E-state index contributed by atoms with van der Waals surface area (Å²) < 4.78 is 44.2. The quantitative estimate of drug-likeness (QED) is 0.554. The Labute approximate surface area is 192 Å². The molecule has 0 atom stereocenters. The van der Waals surface area contributed by atoms with Gasteiger partial charge in [-0.15, -0.1) is 11.3 Å². The van der Waals surface area contributed by atoms with Crippen molar-refractivity contribution in [3.05, 3.63) is 43.8 Å². The average molecular weight is 484 g/mol. The van der Waals surface area contributed by atoms with Gasteiger partial charge in [-0.1, -0.05) is 6.07 Å². The van der Waals surface area contributed by atoms with Crippen molar-refractivity contribution in [1.29, 1.82) is 5.26 Å². The van der Waals surface area contributed by atoms with Crippen molar-refractivity contribution in [2.24, 2.45) is 0 Å². The van der Waals surface area contributed by atoms with Gasteiger partial charge in [-0.3, -0.25) is 14.2 Å². The highest BCUT2D eigenvalue weighted by Crippen LogP contribution is 2.17. The van der Waals surface area contributed by atoms with Gasteiger partial charge < -0.3 is 20.3 Å². The summed E-state index contributed by atoms with van der Waals surface area (Å²) in [5.41, 5.74) is -0.388. The van der Waals surface area contributed by atoms with Crippen molar-refractivity contribution < 1.29 is 22.7 Å². The molecule has 2 rings (SSSR count). The van der Waals surface area contributed by atoms with Gasteiger partial charge in [0.1, 0.15) is 34.2 Å². The first-order valence-electron chi connectivity index (χ1n) is 9.89. The maximum atomic E-state index is 12.7. The fraction of sp³-hybridized carbons (Fsp3) is 0.381. The molecule has 33 heavy (non-hydrogen) atoms. The highest BCUT2D eigenvalue weighted by molar-refractivity contribution is 7.07. The Morgan fingerprint density at radius 3 is 2.70 bits per heavy atom. The highest BCUT2D eigenvalue weighted by atomic mass is 32.1. The second-order valence-corrected chi connectivity index (χ2v) is 8.10. The second-order valence-electron chi connectivity index (χ2n) is 7.07. The first-order valence-corrected chi connectivity index (χ1v) is 10.7. The SMILES string of the molecule is CCn1c(=O)/c(=C\Nc2cccc(OCCN(C)C)c2)s/c1=C(/C#N)C(=O)NCC(F)(F)F. The molecule has 2 aromatic rings. The predicted octanol–water partition coefficient (Wildman–Crippen LogP) is 1.07. The summed E-state index contributed by atoms with van der Waals surface area (Å²) >= 11 is 0.840. The van der Waals surface area contributed by atoms with Gasteiger partial charge in [0.25, 0.3) is 11.5 Å². The van der Waals surface area contributed by atoms with Crippen LogP contribution in [0.5, 0.6) is 5.75 Å². The van der Waals surface area contributed by atoms with E-state index in [9.17, 15) is 28.0 Å². The Bertz CT molecular complexity index is 1200. The van der Waals surface area contributed by atoms with Crippen LogP contribution in [-0.4, -0.2) is 55.3 Å². The molecule has 0 saturated heterocycles. The van der Waals surface area contributed by atoms with Crippen molar-refractivity contribution in [3.63, 3.8) is 0 Å². The number of carbonyl (C=O) groups excluding carboxylic acids is 1. The van der Waals surface area contributed by atoms with Crippen LogP contribution in [0.4, 0.5) is 18.9 Å². The van der Waals surface area contributed by atoms with Crippen LogP contribution in [0.1, 0.15) is 6.92 Å². The van der Waals surface area contributed by atoms with Crippen molar-refractivity contribution in [1.82, 2.24) is 14.8 Å². The number of likely N-dealkylation sites (N-methyl/N-ethyl adjacent to an activating group) is 1. The molecule has 0 radical (unpaired) electrons. The van der Waals surface area contributed by atoms with E-state index in [-0.39, 0.29) is 15.7 Å². The first-order chi connectivity index (χ1) is 15.6. The molecule has 0 bridgehead atoms. The van der Waals surface area contributed by atoms with Crippen LogP contribution in [0.25, 0.3) is 11.8 Å². The summed E-state index contributed by atoms with van der Waals surface area (Å²) in [6, 6.07) is 8.69. The third-order valence-corrected chi connectivity index (χ3v) is 5.37. The molecule has 0 aliphatic carbocycles. The molecule has 0 aliphatic heterocycles. The lowest BCUT2D eigenvalue weighted by molar-refractivity contribution is -0.135. The third-order valence-electron chi connectivity index (χ3n) is 4.24. The Morgan fingerprint density at radius 2 is 2.09 bits per heavy atom. The number of ether oxygens (including phenoxy) is 1. The van der Waals surface area contributed by atoms with Crippen LogP contribution in [0.3, 0.4) is 0 Å². The molecule has 0 saturated carbocycles. The number of amides is 1. The first kappa shape index (κ1) is 26.0. The molecule has 8 nitrogen and oxygen atoms in total. The molecule has 2 N–H and O–H groups in total. The van der Waals surface area contributed by atoms with Crippen molar-refractivity contribution in [3.8, 4) is 11.8 Å². The molecule has 1 amide bonds. The number of anilines is 1. The number of carbonyl (C=O) groups is 1. The smallest absolute Gasteiger partial charge is 0.405 e. The molecule has 0 aliphatic rings. The summed E-state index contributed by atoms with van der Waals surface area (Å²) in [7, 11) is 3.87. The van der Waals surface area contributed by atoms with E-state index in [4.69, 9.17) is 4.74 Å². The monoisotopic (exact) mass is 483 g/mol. The maximum absolute atomic E-state index is 12.7. The number of aromatic nitrogens is 1. The second kappa shape index (κ2) is 11.5. The summed E-state index contributed by atoms with van der Waals surface area (Å²) in [4.78, 5) is 26.8. The Kier molecular flexibility index (Phi) is 9.07. The minimum Gasteiger partial charge on any atom is -0.492 e. The number of hydrogen-bond donors (Lipinski definition) is 2. The number of nitrogens with one attached hydrogen (secondary N) is 2. The van der Waals surface area contributed by atoms with Crippen LogP contribution < -0.4 is 30.1 Å². The minimum absolute atomic E-state index is 0.0153. The van der Waals surface area contributed by atoms with E-state index in [1.807, 2.05) is 19.0 Å². The maximum Gasteiger partial charge on any atom is 0.405 e. The lowest BCUT2D eigenvalue weighted by Gasteiger charge is -2.11. The standard InChI is InChI=1S/C21H24F3N5O3S/c1-4-29-19(31)17(33-20(29)16(11-25)18(30)27-13-21(22,23)24)12-26-14-6-5-7-15(10-14)32-9-8-28(2)3/h5-7,10,12,26H,4,8-9,13H2,1-3H3,(H,27,30)/b17-12+,20-16-. The van der Waals surface area contributed by atoms with E-state index in [0.717, 1.165) is 17.9 Å². The van der Waals surface area contributed by atoms with E-state index in [1.54, 1.807) is 42.6 Å². The number of rotatable bonds is 9. The van der Waals surface area contributed by atoms with Gasteiger partial charge >= 0.3 is 6.18 Å². The van der Waals surface area contributed by atoms with Gasteiger partial charge in [0.2, 0.25) is 0 Å². The Morgan fingerprint density at radius 1 is 1.36 bits per heavy atom. The van der Waals surface area contributed by atoms with E-state index in [0.29, 0.717) is 18.0 Å². The van der Waals surface area contributed by atoms with Gasteiger partial charge in [0, 0.05) is 31.0 Å². The topological polar surface area (TPSA) is 99.4 Å². The molecule has 0 spiro atoms. The molecule has 1 aromatic heterocycles. The molecule has 0 fully saturated rings. The molecule has 178 valence electrons. The molecule has 1 aromatic carbocycles. The number of thiazole rings is 1. The fourth-order valence-corrected chi connectivity index (χ4v) is 3.71. The van der Waals surface area contributed by atoms with E-state index in [1.165, 1.54) is 10.8 Å². The summed E-state index contributed by atoms with van der Waals surface area (Å²) in [6.45, 7) is 1.43. The number of nitriles is 1. The largest absolute Gasteiger partial charge is 0.492 e. The van der Waals surface area contributed by atoms with Gasteiger partial charge in [0.05, 0.1) is 0 Å². The zero-order valence-electron chi connectivity index (χ0n) is 18.3. The number of nitrogens with zero attached hydrogens (tertiary/aromatic N) is 3. The summed E-state index contributed by atoms with van der Waals surface area (Å²) in [5.74, 6) is -0.560. The highest BCUT2D eigenvalue weighted by Gasteiger charge is 2.28. The van der Waals surface area contributed by atoms with Gasteiger partial charge in [0.15, 0.2) is 5.57 Å². The third kappa shape index (κ3) is 7.65. The lowest BCUT2D eigenvalue weighted by Crippen LogP contribution is -2.37. The lowest BCUT2D eigenvalue weighted by atomic mass is 10.3. The number of hydrogen-bond acceptors (Lipinski definition) is 7.